The minimum Gasteiger partial charge on any atom is -0.444 e. The average Bonchev–Trinajstić information content (AvgIpc) is 1.62. The highest BCUT2D eigenvalue weighted by Crippen LogP contribution is 2.48. The van der Waals surface area contributed by atoms with Gasteiger partial charge in [-0.25, -0.2) is 9.59 Å². The second kappa shape index (κ2) is 35.1. The van der Waals surface area contributed by atoms with Crippen molar-refractivity contribution >= 4 is 71.2 Å². The van der Waals surface area contributed by atoms with Crippen molar-refractivity contribution in [2.45, 2.75) is 250 Å². The van der Waals surface area contributed by atoms with E-state index in [1.165, 1.54) is 23.9 Å². The maximum absolute atomic E-state index is 14.5. The van der Waals surface area contributed by atoms with Gasteiger partial charge >= 0.3 is 12.2 Å². The number of likely N-dealkylation sites (N-methyl/N-ethyl adjacent to an activating group) is 2. The van der Waals surface area contributed by atoms with E-state index >= 15 is 0 Å². The highest BCUT2D eigenvalue weighted by molar-refractivity contribution is 8.00. The molecule has 4 fully saturated rings. The van der Waals surface area contributed by atoms with Crippen LogP contribution in [-0.4, -0.2) is 184 Å². The molecule has 0 unspecified atom stereocenters. The first kappa shape index (κ1) is 76.1. The van der Waals surface area contributed by atoms with E-state index in [1.807, 2.05) is 89.3 Å². The Balaban J connectivity index is 1.02. The Morgan fingerprint density at radius 2 is 1.04 bits per heavy atom. The lowest BCUT2D eigenvalue weighted by Gasteiger charge is -2.35. The summed E-state index contributed by atoms with van der Waals surface area (Å²) in [6.07, 6.45) is 18.8. The lowest BCUT2D eigenvalue weighted by Crippen LogP contribution is -2.59. The summed E-state index contributed by atoms with van der Waals surface area (Å²) in [5, 5.41) is 11.8. The fourth-order valence-corrected chi connectivity index (χ4v) is 15.1. The quantitative estimate of drug-likeness (QED) is 0.0400. The molecule has 0 aliphatic carbocycles. The molecular weight excluding hydrogens is 1200 g/mol. The maximum Gasteiger partial charge on any atom is 0.410 e. The summed E-state index contributed by atoms with van der Waals surface area (Å²) in [6, 6.07) is 3.61. The zero-order valence-electron chi connectivity index (χ0n) is 57.3. The number of thioether (sulfide) groups is 2. The third-order valence-electron chi connectivity index (χ3n) is 17.3. The van der Waals surface area contributed by atoms with Crippen molar-refractivity contribution in [2.75, 3.05) is 52.0 Å². The Kier molecular flexibility index (Phi) is 29.3. The van der Waals surface area contributed by atoms with Crippen LogP contribution in [0.5, 0.6) is 0 Å². The SMILES string of the molecule is C=C(/C=C\C=C/C)[C@@H](COCCCCCCCCCCCCOC[C@@H](NC(=O)[C@H]1N2C(=O)[C@@H](NC(=O)[C@H](C)N(C)C(=O)OC(C)(C)C)CCS[C@H]2CC1(C)C)c1ccccc1)NC(=O)[C@H]1N2C(=O)[C@@H](NC(=O)[C@H](C)N(C)C(=O)OC(C)(C)C)CCS[C@H]2CC1(C)C. The molecule has 22 heteroatoms. The smallest absolute Gasteiger partial charge is 0.410 e. The third-order valence-corrected chi connectivity index (χ3v) is 19.8. The van der Waals surface area contributed by atoms with Crippen LogP contribution in [0.25, 0.3) is 0 Å². The van der Waals surface area contributed by atoms with Crippen LogP contribution in [0.3, 0.4) is 0 Å². The number of nitrogens with zero attached hydrogens (tertiary/aromatic N) is 4. The van der Waals surface area contributed by atoms with Crippen LogP contribution in [0.1, 0.15) is 192 Å². The van der Waals surface area contributed by atoms with E-state index in [1.54, 1.807) is 88.7 Å². The van der Waals surface area contributed by atoms with E-state index in [0.717, 1.165) is 69.8 Å². The molecule has 4 aliphatic rings. The molecule has 0 radical (unpaired) electrons. The number of rotatable bonds is 31. The van der Waals surface area contributed by atoms with Crippen molar-refractivity contribution in [3.8, 4) is 0 Å². The van der Waals surface area contributed by atoms with Crippen LogP contribution >= 0.6 is 23.5 Å². The van der Waals surface area contributed by atoms with Crippen LogP contribution in [-0.2, 0) is 47.7 Å². The Hall–Kier alpha value is -5.58. The highest BCUT2D eigenvalue weighted by Gasteiger charge is 2.56. The van der Waals surface area contributed by atoms with Crippen molar-refractivity contribution < 1.29 is 57.3 Å². The number of carbonyl (C=O) groups is 8. The molecule has 10 atom stereocenters. The van der Waals surface area contributed by atoms with E-state index in [2.05, 4.69) is 27.8 Å². The standard InChI is InChI=1S/C69H110N8O12S2/c1-17-18-28-33-46(2)52(72-60(80)56-68(11,12)42-54-76(56)62(82)50(36-40-90-54)70-58(78)47(3)74(15)64(84)88-66(5,6)7)44-86-38-31-25-23-21-19-20-22-24-26-32-39-87-45-53(49-34-29-27-30-35-49)73-61(81)57-69(13,14)43-55-77(57)63(83)51(37-41-91-55)71-59(79)48(4)75(16)65(85)89-67(8,9)10/h17-18,27-30,33-35,47-48,50-57H,2,19-26,31-32,36-45H2,1,3-16H3,(H,70,78)(H,71,79)(H,72,80)(H,73,81)/b18-17-,33-28-/t47-,48-,50-,51-,52+,53+,54-,55-,56+,57+/m0/s1. The molecule has 4 N–H and O–H groups in total. The normalized spacial score (nSPS) is 22.8. The zero-order chi connectivity index (χ0) is 67.4. The van der Waals surface area contributed by atoms with Gasteiger partial charge in [-0.05, 0) is 134 Å². The summed E-state index contributed by atoms with van der Waals surface area (Å²) in [6.45, 7) is 29.5. The molecule has 1 aromatic rings. The van der Waals surface area contributed by atoms with Crippen LogP contribution in [0.4, 0.5) is 9.59 Å². The fourth-order valence-electron chi connectivity index (χ4n) is 11.9. The lowest BCUT2D eigenvalue weighted by atomic mass is 9.83. The summed E-state index contributed by atoms with van der Waals surface area (Å²) in [4.78, 5) is 116. The zero-order valence-corrected chi connectivity index (χ0v) is 59.0. The lowest BCUT2D eigenvalue weighted by molar-refractivity contribution is -0.144. The molecule has 0 spiro atoms. The molecule has 5 rings (SSSR count). The van der Waals surface area contributed by atoms with Gasteiger partial charge in [-0.3, -0.25) is 38.6 Å². The van der Waals surface area contributed by atoms with Gasteiger partial charge in [0.15, 0.2) is 0 Å². The number of benzene rings is 1. The topological polar surface area (TPSA) is 235 Å². The van der Waals surface area contributed by atoms with Crippen LogP contribution < -0.4 is 21.3 Å². The maximum atomic E-state index is 14.5. The van der Waals surface area contributed by atoms with E-state index in [0.29, 0.717) is 56.0 Å². The number of amides is 8. The number of allylic oxidation sites excluding steroid dienone is 3. The molecule has 0 aromatic heterocycles. The van der Waals surface area contributed by atoms with Crippen molar-refractivity contribution in [2.24, 2.45) is 10.8 Å². The van der Waals surface area contributed by atoms with Crippen LogP contribution in [0.15, 0.2) is 66.8 Å². The predicted octanol–water partition coefficient (Wildman–Crippen LogP) is 10.6. The van der Waals surface area contributed by atoms with E-state index in [4.69, 9.17) is 18.9 Å². The summed E-state index contributed by atoms with van der Waals surface area (Å²) < 4.78 is 23.4. The van der Waals surface area contributed by atoms with Gasteiger partial charge in [-0.1, -0.05) is 140 Å². The van der Waals surface area contributed by atoms with E-state index in [9.17, 15) is 38.4 Å². The largest absolute Gasteiger partial charge is 0.444 e. The van der Waals surface area contributed by atoms with Gasteiger partial charge in [0, 0.05) is 27.3 Å². The number of carbonyl (C=O) groups excluding carboxylic acids is 8. The van der Waals surface area contributed by atoms with Crippen molar-refractivity contribution in [1.82, 2.24) is 40.9 Å². The van der Waals surface area contributed by atoms with Gasteiger partial charge in [-0.15, -0.1) is 23.5 Å². The number of hydrogen-bond donors (Lipinski definition) is 4. The fraction of sp³-hybridized carbons (Fsp3) is 0.710. The number of ether oxygens (including phenoxy) is 4. The van der Waals surface area contributed by atoms with Crippen molar-refractivity contribution in [3.05, 3.63) is 72.4 Å². The summed E-state index contributed by atoms with van der Waals surface area (Å²) in [7, 11) is 2.99. The highest BCUT2D eigenvalue weighted by atomic mass is 32.2. The molecule has 8 amide bonds. The number of hydrogen-bond acceptors (Lipinski definition) is 14. The molecule has 4 heterocycles. The van der Waals surface area contributed by atoms with Gasteiger partial charge in [-0.2, -0.15) is 0 Å². The van der Waals surface area contributed by atoms with Gasteiger partial charge < -0.3 is 50.0 Å². The molecule has 91 heavy (non-hydrogen) atoms. The minimum absolute atomic E-state index is 0.216. The van der Waals surface area contributed by atoms with Crippen LogP contribution in [0.2, 0.25) is 0 Å². The summed E-state index contributed by atoms with van der Waals surface area (Å²) in [5.41, 5.74) is -1.04. The summed E-state index contributed by atoms with van der Waals surface area (Å²) >= 11 is 3.24. The Labute approximate surface area is 552 Å². The second-order valence-electron chi connectivity index (χ2n) is 28.2. The Bertz CT molecular complexity index is 2680. The van der Waals surface area contributed by atoms with E-state index < -0.39 is 94.4 Å². The molecule has 20 nitrogen and oxygen atoms in total. The predicted molar refractivity (Wildman–Crippen MR) is 361 cm³/mol. The van der Waals surface area contributed by atoms with Gasteiger partial charge in [0.2, 0.25) is 35.4 Å². The van der Waals surface area contributed by atoms with E-state index in [-0.39, 0.29) is 47.6 Å². The molecule has 0 saturated carbocycles. The number of nitrogens with one attached hydrogen (secondary N) is 4. The minimum atomic E-state index is -0.906. The second-order valence-corrected chi connectivity index (χ2v) is 30.8. The first-order valence-corrected chi connectivity index (χ1v) is 35.1. The first-order valence-electron chi connectivity index (χ1n) is 33.0. The van der Waals surface area contributed by atoms with Gasteiger partial charge in [0.1, 0.15) is 47.5 Å². The average molecular weight is 1310 g/mol. The molecular formula is C69H110N8O12S2. The van der Waals surface area contributed by atoms with Crippen molar-refractivity contribution in [3.63, 3.8) is 0 Å². The van der Waals surface area contributed by atoms with Gasteiger partial charge in [0.05, 0.1) is 36.0 Å². The Morgan fingerprint density at radius 1 is 0.637 bits per heavy atom. The molecule has 4 saturated heterocycles. The molecule has 1 aromatic carbocycles. The molecule has 0 bridgehead atoms. The van der Waals surface area contributed by atoms with Crippen molar-refractivity contribution in [1.29, 1.82) is 0 Å². The van der Waals surface area contributed by atoms with Crippen LogP contribution in [0, 0.1) is 10.8 Å². The monoisotopic (exact) mass is 1310 g/mol. The molecule has 510 valence electrons. The first-order chi connectivity index (χ1) is 42.8. The number of unbranched alkanes of at least 4 members (excludes halogenated alkanes) is 9. The summed E-state index contributed by atoms with van der Waals surface area (Å²) in [5.74, 6) is -0.947. The van der Waals surface area contributed by atoms with Gasteiger partial charge in [0.25, 0.3) is 0 Å². The third kappa shape index (κ3) is 22.9. The number of fused-ring (bicyclic) bond motifs is 2. The molecule has 4 aliphatic heterocycles. The Morgan fingerprint density at radius 3 is 1.46 bits per heavy atom.